The van der Waals surface area contributed by atoms with Gasteiger partial charge in [-0.1, -0.05) is 24.3 Å². The van der Waals surface area contributed by atoms with Crippen LogP contribution in [-0.2, 0) is 4.79 Å². The number of hydrogen-bond acceptors (Lipinski definition) is 1. The highest BCUT2D eigenvalue weighted by molar-refractivity contribution is 6.32. The molecule has 0 N–H and O–H groups in total. The van der Waals surface area contributed by atoms with Crippen LogP contribution in [0.15, 0.2) is 24.3 Å². The molecule has 0 spiro atoms. The van der Waals surface area contributed by atoms with Crippen LogP contribution in [0.1, 0.15) is 6.92 Å². The Morgan fingerprint density at radius 2 is 1.91 bits per heavy atom. The number of carbonyl (C=O) groups excluding carboxylic acids is 1. The molecule has 0 fully saturated rings. The van der Waals surface area contributed by atoms with E-state index < -0.39 is 0 Å². The summed E-state index contributed by atoms with van der Waals surface area (Å²) in [4.78, 5) is 11.1. The molecule has 1 aliphatic carbocycles. The summed E-state index contributed by atoms with van der Waals surface area (Å²) in [6, 6.07) is 7.84. The zero-order valence-electron chi connectivity index (χ0n) is 6.29. The van der Waals surface area contributed by atoms with E-state index in [0.29, 0.717) is 0 Å². The molecule has 0 amide bonds. The number of hydrogen-bond donors (Lipinski definition) is 0. The van der Waals surface area contributed by atoms with E-state index in [0.717, 1.165) is 16.0 Å². The summed E-state index contributed by atoms with van der Waals surface area (Å²) in [5, 5.41) is 2.13. The Morgan fingerprint density at radius 3 is 2.64 bits per heavy atom. The van der Waals surface area contributed by atoms with Crippen LogP contribution in [0.2, 0.25) is 0 Å². The second kappa shape index (κ2) is 2.06. The monoisotopic (exact) mass is 144 g/mol. The molecule has 0 saturated carbocycles. The average Bonchev–Trinajstić information content (AvgIpc) is 2.30. The molecule has 11 heavy (non-hydrogen) atoms. The standard InChI is InChI=1S/C10H8O/c1-7-9-5-3-2-4-8(9)6-10(7)11/h2-6H,1H3. The SMILES string of the molecule is CC1=c2ccccc2=CC1=O. The molecule has 0 aromatic heterocycles. The van der Waals surface area contributed by atoms with Crippen molar-refractivity contribution in [3.8, 4) is 0 Å². The van der Waals surface area contributed by atoms with Crippen molar-refractivity contribution in [2.75, 3.05) is 0 Å². The number of ketones is 1. The van der Waals surface area contributed by atoms with Crippen molar-refractivity contribution >= 4 is 17.4 Å². The van der Waals surface area contributed by atoms with Gasteiger partial charge in [0.1, 0.15) is 0 Å². The molecule has 0 heterocycles. The molecule has 1 nitrogen and oxygen atoms in total. The maximum absolute atomic E-state index is 11.1. The molecule has 0 aliphatic heterocycles. The Hall–Kier alpha value is -1.37. The van der Waals surface area contributed by atoms with E-state index in [-0.39, 0.29) is 5.78 Å². The van der Waals surface area contributed by atoms with Crippen molar-refractivity contribution in [1.82, 2.24) is 0 Å². The lowest BCUT2D eigenvalue weighted by molar-refractivity contribution is -0.108. The molecule has 0 radical (unpaired) electrons. The van der Waals surface area contributed by atoms with Crippen molar-refractivity contribution in [2.45, 2.75) is 6.92 Å². The molecule has 1 aromatic carbocycles. The molecule has 0 unspecified atom stereocenters. The second-order valence-electron chi connectivity index (χ2n) is 2.72. The van der Waals surface area contributed by atoms with E-state index in [2.05, 4.69) is 0 Å². The lowest BCUT2D eigenvalue weighted by Crippen LogP contribution is -2.21. The Kier molecular flexibility index (Phi) is 1.19. The van der Waals surface area contributed by atoms with Gasteiger partial charge in [0.25, 0.3) is 0 Å². The highest BCUT2D eigenvalue weighted by Crippen LogP contribution is 1.97. The van der Waals surface area contributed by atoms with Crippen molar-refractivity contribution < 1.29 is 4.79 Å². The number of carbonyl (C=O) groups is 1. The first-order valence-electron chi connectivity index (χ1n) is 3.61. The maximum Gasteiger partial charge on any atom is 0.182 e. The van der Waals surface area contributed by atoms with E-state index in [9.17, 15) is 4.79 Å². The van der Waals surface area contributed by atoms with Gasteiger partial charge in [0.2, 0.25) is 0 Å². The van der Waals surface area contributed by atoms with E-state index in [1.54, 1.807) is 6.08 Å². The predicted molar refractivity (Wildman–Crippen MR) is 44.2 cm³/mol. The van der Waals surface area contributed by atoms with Crippen molar-refractivity contribution in [3.05, 3.63) is 34.7 Å². The molecule has 0 saturated heterocycles. The topological polar surface area (TPSA) is 17.1 Å². The summed E-state index contributed by atoms with van der Waals surface area (Å²) < 4.78 is 0. The van der Waals surface area contributed by atoms with Crippen LogP contribution in [0.3, 0.4) is 0 Å². The number of Topliss-reactive ketones (excluding diaryl/α,β-unsaturated/α-hetero) is 1. The van der Waals surface area contributed by atoms with Crippen LogP contribution >= 0.6 is 0 Å². The lowest BCUT2D eigenvalue weighted by atomic mass is 10.2. The normalized spacial score (nSPS) is 14.6. The zero-order valence-corrected chi connectivity index (χ0v) is 6.29. The highest BCUT2D eigenvalue weighted by Gasteiger charge is 2.07. The highest BCUT2D eigenvalue weighted by atomic mass is 16.1. The first-order chi connectivity index (χ1) is 5.29. The van der Waals surface area contributed by atoms with E-state index in [4.69, 9.17) is 0 Å². The molecule has 1 aromatic rings. The Morgan fingerprint density at radius 1 is 1.18 bits per heavy atom. The number of fused-ring (bicyclic) bond motifs is 1. The molecule has 1 aliphatic rings. The minimum atomic E-state index is 0.145. The number of benzene rings is 1. The van der Waals surface area contributed by atoms with E-state index >= 15 is 0 Å². The summed E-state index contributed by atoms with van der Waals surface area (Å²) in [5.74, 6) is 0.145. The van der Waals surface area contributed by atoms with Crippen LogP contribution in [0.25, 0.3) is 11.6 Å². The second-order valence-corrected chi connectivity index (χ2v) is 2.72. The Labute approximate surface area is 64.7 Å². The van der Waals surface area contributed by atoms with Gasteiger partial charge in [0.15, 0.2) is 5.78 Å². The van der Waals surface area contributed by atoms with Crippen LogP contribution in [0.5, 0.6) is 0 Å². The molecular weight excluding hydrogens is 136 g/mol. The van der Waals surface area contributed by atoms with Gasteiger partial charge in [-0.25, -0.2) is 0 Å². The van der Waals surface area contributed by atoms with Gasteiger partial charge in [-0.15, -0.1) is 0 Å². The van der Waals surface area contributed by atoms with E-state index in [1.165, 1.54) is 0 Å². The summed E-state index contributed by atoms with van der Waals surface area (Å²) in [6.07, 6.45) is 1.69. The van der Waals surface area contributed by atoms with Gasteiger partial charge < -0.3 is 0 Å². The van der Waals surface area contributed by atoms with Crippen LogP contribution in [0, 0.1) is 0 Å². The largest absolute Gasteiger partial charge is 0.290 e. The van der Waals surface area contributed by atoms with E-state index in [1.807, 2.05) is 31.2 Å². The van der Waals surface area contributed by atoms with Crippen molar-refractivity contribution in [3.63, 3.8) is 0 Å². The molecular formula is C10H8O. The maximum atomic E-state index is 11.1. The fourth-order valence-electron chi connectivity index (χ4n) is 1.35. The quantitative estimate of drug-likeness (QED) is 0.509. The first kappa shape index (κ1) is 6.35. The minimum absolute atomic E-state index is 0.145. The molecule has 0 atom stereocenters. The lowest BCUT2D eigenvalue weighted by Gasteiger charge is -1.85. The molecule has 0 bridgehead atoms. The van der Waals surface area contributed by atoms with Crippen LogP contribution in [0.4, 0.5) is 0 Å². The summed E-state index contributed by atoms with van der Waals surface area (Å²) in [6.45, 7) is 1.87. The fourth-order valence-corrected chi connectivity index (χ4v) is 1.35. The third kappa shape index (κ3) is 0.811. The number of rotatable bonds is 0. The fraction of sp³-hybridized carbons (Fsp3) is 0.100. The third-order valence-corrected chi connectivity index (χ3v) is 2.02. The van der Waals surface area contributed by atoms with Gasteiger partial charge in [0.05, 0.1) is 0 Å². The summed E-state index contributed by atoms with van der Waals surface area (Å²) in [5.41, 5.74) is 0.862. The molecule has 2 rings (SSSR count). The molecule has 54 valence electrons. The van der Waals surface area contributed by atoms with Gasteiger partial charge in [0, 0.05) is 5.57 Å². The summed E-state index contributed by atoms with van der Waals surface area (Å²) >= 11 is 0. The van der Waals surface area contributed by atoms with Crippen molar-refractivity contribution in [2.24, 2.45) is 0 Å². The summed E-state index contributed by atoms with van der Waals surface area (Å²) in [7, 11) is 0. The minimum Gasteiger partial charge on any atom is -0.290 e. The smallest absolute Gasteiger partial charge is 0.182 e. The van der Waals surface area contributed by atoms with Gasteiger partial charge in [-0.3, -0.25) is 4.79 Å². The zero-order chi connectivity index (χ0) is 7.84. The van der Waals surface area contributed by atoms with Gasteiger partial charge in [-0.05, 0) is 23.4 Å². The van der Waals surface area contributed by atoms with Gasteiger partial charge in [-0.2, -0.15) is 0 Å². The molecule has 1 heteroatoms. The first-order valence-corrected chi connectivity index (χ1v) is 3.61. The van der Waals surface area contributed by atoms with Crippen LogP contribution < -0.4 is 10.4 Å². The van der Waals surface area contributed by atoms with Crippen LogP contribution in [-0.4, -0.2) is 5.78 Å². The third-order valence-electron chi connectivity index (χ3n) is 2.02. The van der Waals surface area contributed by atoms with Crippen molar-refractivity contribution in [1.29, 1.82) is 0 Å². The van der Waals surface area contributed by atoms with Gasteiger partial charge >= 0.3 is 0 Å². The Balaban J connectivity index is 3.00. The Bertz CT molecular complexity index is 426. The average molecular weight is 144 g/mol. The predicted octanol–water partition coefficient (Wildman–Crippen LogP) is 0.220.